The summed E-state index contributed by atoms with van der Waals surface area (Å²) in [6.07, 6.45) is 2.59. The maximum absolute atomic E-state index is 5.90. The average Bonchev–Trinajstić information content (AvgIpc) is 2.44. The summed E-state index contributed by atoms with van der Waals surface area (Å²) in [5.41, 5.74) is 5.90. The Balaban J connectivity index is 2.02. The molecule has 2 unspecified atom stereocenters. The highest BCUT2D eigenvalue weighted by molar-refractivity contribution is 8.01. The molecule has 11 heavy (non-hydrogen) atoms. The van der Waals surface area contributed by atoms with E-state index in [1.54, 1.807) is 0 Å². The van der Waals surface area contributed by atoms with Crippen molar-refractivity contribution in [2.45, 2.75) is 23.6 Å². The summed E-state index contributed by atoms with van der Waals surface area (Å²) in [7, 11) is 2.21. The van der Waals surface area contributed by atoms with Crippen molar-refractivity contribution < 1.29 is 0 Å². The molecule has 0 radical (unpaired) electrons. The van der Waals surface area contributed by atoms with Crippen LogP contribution in [-0.2, 0) is 0 Å². The maximum Gasteiger partial charge on any atom is 0.0314 e. The largest absolute Gasteiger partial charge is 0.327 e. The lowest BCUT2D eigenvalue weighted by Gasteiger charge is -2.21. The highest BCUT2D eigenvalue weighted by Gasteiger charge is 2.42. The molecule has 2 heterocycles. The van der Waals surface area contributed by atoms with Crippen LogP contribution in [-0.4, -0.2) is 41.6 Å². The van der Waals surface area contributed by atoms with Crippen LogP contribution in [0.5, 0.6) is 0 Å². The first-order chi connectivity index (χ1) is 5.20. The Morgan fingerprint density at radius 3 is 2.91 bits per heavy atom. The summed E-state index contributed by atoms with van der Waals surface area (Å²) < 4.78 is 0.550. The van der Waals surface area contributed by atoms with Gasteiger partial charge in [-0.15, -0.1) is 0 Å². The molecule has 2 atom stereocenters. The molecular formula is C8H16N2S. The molecule has 2 aliphatic heterocycles. The predicted octanol–water partition coefficient (Wildman–Crippen LogP) is 0.525. The van der Waals surface area contributed by atoms with Crippen molar-refractivity contribution in [3.05, 3.63) is 0 Å². The fourth-order valence-electron chi connectivity index (χ4n) is 2.21. The van der Waals surface area contributed by atoms with Crippen LogP contribution in [0, 0.1) is 0 Å². The van der Waals surface area contributed by atoms with Crippen molar-refractivity contribution in [1.29, 1.82) is 0 Å². The van der Waals surface area contributed by atoms with Crippen LogP contribution in [0.1, 0.15) is 12.8 Å². The van der Waals surface area contributed by atoms with Gasteiger partial charge in [0.1, 0.15) is 0 Å². The van der Waals surface area contributed by atoms with E-state index in [4.69, 9.17) is 5.73 Å². The number of hydrogen-bond donors (Lipinski definition) is 1. The minimum Gasteiger partial charge on any atom is -0.327 e. The molecule has 2 saturated heterocycles. The average molecular weight is 172 g/mol. The zero-order valence-electron chi connectivity index (χ0n) is 7.05. The van der Waals surface area contributed by atoms with Gasteiger partial charge in [-0.2, -0.15) is 11.8 Å². The first kappa shape index (κ1) is 7.90. The summed E-state index contributed by atoms with van der Waals surface area (Å²) >= 11 is 2.10. The maximum atomic E-state index is 5.90. The zero-order chi connectivity index (χ0) is 7.90. The minimum absolute atomic E-state index is 0.464. The molecule has 0 saturated carbocycles. The van der Waals surface area contributed by atoms with Crippen LogP contribution in [0.4, 0.5) is 0 Å². The Hall–Kier alpha value is 0.270. The van der Waals surface area contributed by atoms with Crippen LogP contribution in [0.2, 0.25) is 0 Å². The first-order valence-electron chi connectivity index (χ1n) is 4.28. The van der Waals surface area contributed by atoms with Crippen molar-refractivity contribution in [3.63, 3.8) is 0 Å². The lowest BCUT2D eigenvalue weighted by Crippen LogP contribution is -2.29. The van der Waals surface area contributed by atoms with E-state index in [0.29, 0.717) is 10.8 Å². The van der Waals surface area contributed by atoms with Gasteiger partial charge >= 0.3 is 0 Å². The van der Waals surface area contributed by atoms with Gasteiger partial charge in [0.2, 0.25) is 0 Å². The highest BCUT2D eigenvalue weighted by atomic mass is 32.2. The van der Waals surface area contributed by atoms with Gasteiger partial charge in [0.15, 0.2) is 0 Å². The monoisotopic (exact) mass is 172 g/mol. The lowest BCUT2D eigenvalue weighted by molar-refractivity contribution is 0.399. The van der Waals surface area contributed by atoms with E-state index >= 15 is 0 Å². The van der Waals surface area contributed by atoms with Crippen molar-refractivity contribution in [1.82, 2.24) is 4.90 Å². The fraction of sp³-hybridized carbons (Fsp3) is 1.00. The van der Waals surface area contributed by atoms with Gasteiger partial charge < -0.3 is 10.6 Å². The van der Waals surface area contributed by atoms with Crippen molar-refractivity contribution in [2.24, 2.45) is 5.73 Å². The quantitative estimate of drug-likeness (QED) is 0.578. The van der Waals surface area contributed by atoms with Crippen LogP contribution >= 0.6 is 11.8 Å². The number of likely N-dealkylation sites (tertiary alicyclic amines) is 1. The number of nitrogens with zero attached hydrogens (tertiary/aromatic N) is 1. The van der Waals surface area contributed by atoms with E-state index in [1.807, 2.05) is 0 Å². The van der Waals surface area contributed by atoms with Gasteiger partial charge in [0.25, 0.3) is 0 Å². The molecule has 0 aromatic carbocycles. The molecule has 3 heteroatoms. The van der Waals surface area contributed by atoms with E-state index < -0.39 is 0 Å². The summed E-state index contributed by atoms with van der Waals surface area (Å²) in [6.45, 7) is 2.52. The number of rotatable bonds is 0. The van der Waals surface area contributed by atoms with Crippen molar-refractivity contribution in [2.75, 3.05) is 25.9 Å². The third-order valence-corrected chi connectivity index (χ3v) is 4.45. The first-order valence-corrected chi connectivity index (χ1v) is 5.27. The summed E-state index contributed by atoms with van der Waals surface area (Å²) in [6, 6.07) is 0.464. The van der Waals surface area contributed by atoms with Crippen molar-refractivity contribution >= 4 is 11.8 Å². The zero-order valence-corrected chi connectivity index (χ0v) is 7.86. The Morgan fingerprint density at radius 2 is 2.45 bits per heavy atom. The van der Waals surface area contributed by atoms with Crippen LogP contribution < -0.4 is 5.73 Å². The van der Waals surface area contributed by atoms with E-state index in [0.717, 1.165) is 0 Å². The second-order valence-electron chi connectivity index (χ2n) is 3.95. The van der Waals surface area contributed by atoms with Gasteiger partial charge in [0, 0.05) is 23.1 Å². The van der Waals surface area contributed by atoms with Gasteiger partial charge in [-0.3, -0.25) is 0 Å². The molecule has 2 fully saturated rings. The smallest absolute Gasteiger partial charge is 0.0314 e. The van der Waals surface area contributed by atoms with Crippen molar-refractivity contribution in [3.8, 4) is 0 Å². The predicted molar refractivity (Wildman–Crippen MR) is 49.9 cm³/mol. The van der Waals surface area contributed by atoms with E-state index in [-0.39, 0.29) is 0 Å². The normalized spacial score (nSPS) is 45.8. The molecule has 0 amide bonds. The Labute approximate surface area is 72.5 Å². The van der Waals surface area contributed by atoms with Crippen LogP contribution in [0.15, 0.2) is 0 Å². The number of nitrogens with two attached hydrogens (primary N) is 1. The Morgan fingerprint density at radius 1 is 1.64 bits per heavy atom. The SMILES string of the molecule is CN1CCC2(CC(N)CS2)C1. The van der Waals surface area contributed by atoms with Gasteiger partial charge in [-0.25, -0.2) is 0 Å². The molecule has 0 aliphatic carbocycles. The van der Waals surface area contributed by atoms with E-state index in [2.05, 4.69) is 23.7 Å². The fourth-order valence-corrected chi connectivity index (χ4v) is 3.77. The topological polar surface area (TPSA) is 29.3 Å². The highest BCUT2D eigenvalue weighted by Crippen LogP contribution is 2.43. The molecule has 0 bridgehead atoms. The molecule has 2 N–H and O–H groups in total. The van der Waals surface area contributed by atoms with Gasteiger partial charge in [-0.05, 0) is 26.4 Å². The second kappa shape index (κ2) is 2.64. The van der Waals surface area contributed by atoms with E-state index in [9.17, 15) is 0 Å². The minimum atomic E-state index is 0.464. The summed E-state index contributed by atoms with van der Waals surface area (Å²) in [5.74, 6) is 1.17. The molecule has 0 aromatic rings. The standard InChI is InChI=1S/C8H16N2S/c1-10-3-2-8(6-10)4-7(9)5-11-8/h7H,2-6,9H2,1H3. The van der Waals surface area contributed by atoms with Crippen LogP contribution in [0.3, 0.4) is 0 Å². The Bertz CT molecular complexity index is 142. The Kier molecular flexibility index (Phi) is 1.90. The molecule has 1 spiro atoms. The second-order valence-corrected chi connectivity index (χ2v) is 5.43. The molecule has 0 aromatic heterocycles. The molecule has 64 valence electrons. The lowest BCUT2D eigenvalue weighted by atomic mass is 10.0. The molecule has 2 aliphatic rings. The summed E-state index contributed by atoms with van der Waals surface area (Å²) in [5, 5.41) is 0. The third kappa shape index (κ3) is 1.42. The van der Waals surface area contributed by atoms with Gasteiger partial charge in [0.05, 0.1) is 0 Å². The number of hydrogen-bond acceptors (Lipinski definition) is 3. The summed E-state index contributed by atoms with van der Waals surface area (Å²) in [4.78, 5) is 2.42. The van der Waals surface area contributed by atoms with Crippen LogP contribution in [0.25, 0.3) is 0 Å². The number of thioether (sulfide) groups is 1. The molecule has 2 rings (SSSR count). The molecule has 2 nitrogen and oxygen atoms in total. The van der Waals surface area contributed by atoms with Gasteiger partial charge in [-0.1, -0.05) is 0 Å². The molecular weight excluding hydrogens is 156 g/mol. The van der Waals surface area contributed by atoms with E-state index in [1.165, 1.54) is 31.7 Å². The third-order valence-electron chi connectivity index (χ3n) is 2.75.